The first-order valence-electron chi connectivity index (χ1n) is 4.60. The predicted octanol–water partition coefficient (Wildman–Crippen LogP) is 4.27. The molecule has 1 aromatic carbocycles. The van der Waals surface area contributed by atoms with Gasteiger partial charge in [0.25, 0.3) is 0 Å². The SMILES string of the molecule is C=CCCCc1ccc(C)c(Br)c1. The van der Waals surface area contributed by atoms with Gasteiger partial charge in [0.1, 0.15) is 0 Å². The Morgan fingerprint density at radius 3 is 2.85 bits per heavy atom. The van der Waals surface area contributed by atoms with Crippen LogP contribution >= 0.6 is 15.9 Å². The Hall–Kier alpha value is -0.560. The van der Waals surface area contributed by atoms with Crippen molar-refractivity contribution >= 4 is 15.9 Å². The molecule has 0 spiro atoms. The molecule has 0 amide bonds. The third kappa shape index (κ3) is 3.35. The van der Waals surface area contributed by atoms with Crippen molar-refractivity contribution in [3.05, 3.63) is 46.5 Å². The molecule has 0 heterocycles. The van der Waals surface area contributed by atoms with Crippen LogP contribution in [0.5, 0.6) is 0 Å². The molecule has 0 aliphatic rings. The van der Waals surface area contributed by atoms with Gasteiger partial charge in [-0.25, -0.2) is 0 Å². The van der Waals surface area contributed by atoms with E-state index in [2.05, 4.69) is 47.6 Å². The van der Waals surface area contributed by atoms with Crippen molar-refractivity contribution in [1.82, 2.24) is 0 Å². The van der Waals surface area contributed by atoms with Gasteiger partial charge in [0.05, 0.1) is 0 Å². The molecular formula is C12H15Br. The molecule has 1 aromatic rings. The maximum Gasteiger partial charge on any atom is 0.0207 e. The number of allylic oxidation sites excluding steroid dienone is 1. The smallest absolute Gasteiger partial charge is 0.0207 e. The maximum absolute atomic E-state index is 3.71. The van der Waals surface area contributed by atoms with Gasteiger partial charge >= 0.3 is 0 Å². The molecule has 0 atom stereocenters. The van der Waals surface area contributed by atoms with Crippen LogP contribution in [-0.4, -0.2) is 0 Å². The second-order valence-corrected chi connectivity index (χ2v) is 4.12. The van der Waals surface area contributed by atoms with Gasteiger partial charge in [-0.05, 0) is 43.4 Å². The molecule has 0 aliphatic carbocycles. The number of unbranched alkanes of at least 4 members (excludes halogenated alkanes) is 1. The van der Waals surface area contributed by atoms with Gasteiger partial charge in [-0.15, -0.1) is 6.58 Å². The highest BCUT2D eigenvalue weighted by Crippen LogP contribution is 2.18. The van der Waals surface area contributed by atoms with Gasteiger partial charge in [0.15, 0.2) is 0 Å². The standard InChI is InChI=1S/C12H15Br/c1-3-4-5-6-11-8-7-10(2)12(13)9-11/h3,7-9H,1,4-6H2,2H3. The van der Waals surface area contributed by atoms with Crippen LogP contribution < -0.4 is 0 Å². The normalized spacial score (nSPS) is 10.0. The number of rotatable bonds is 4. The Balaban J connectivity index is 2.57. The van der Waals surface area contributed by atoms with Crippen molar-refractivity contribution in [1.29, 1.82) is 0 Å². The van der Waals surface area contributed by atoms with E-state index in [1.807, 2.05) is 6.08 Å². The largest absolute Gasteiger partial charge is 0.103 e. The van der Waals surface area contributed by atoms with E-state index in [0.29, 0.717) is 0 Å². The van der Waals surface area contributed by atoms with E-state index in [0.717, 1.165) is 12.8 Å². The third-order valence-electron chi connectivity index (χ3n) is 2.11. The summed E-state index contributed by atoms with van der Waals surface area (Å²) < 4.78 is 1.21. The second kappa shape index (κ2) is 5.23. The number of halogens is 1. The van der Waals surface area contributed by atoms with Crippen LogP contribution in [0.15, 0.2) is 35.3 Å². The highest BCUT2D eigenvalue weighted by molar-refractivity contribution is 9.10. The lowest BCUT2D eigenvalue weighted by Gasteiger charge is -2.02. The first-order valence-corrected chi connectivity index (χ1v) is 5.39. The fourth-order valence-electron chi connectivity index (χ4n) is 1.24. The topological polar surface area (TPSA) is 0 Å². The minimum atomic E-state index is 1.10. The fourth-order valence-corrected chi connectivity index (χ4v) is 1.67. The van der Waals surface area contributed by atoms with Gasteiger partial charge < -0.3 is 0 Å². The summed E-state index contributed by atoms with van der Waals surface area (Å²) in [5, 5.41) is 0. The predicted molar refractivity (Wildman–Crippen MR) is 62.0 cm³/mol. The van der Waals surface area contributed by atoms with Gasteiger partial charge in [-0.1, -0.05) is 34.1 Å². The number of hydrogen-bond acceptors (Lipinski definition) is 0. The number of hydrogen-bond donors (Lipinski definition) is 0. The molecule has 0 saturated heterocycles. The van der Waals surface area contributed by atoms with Crippen LogP contribution in [0.1, 0.15) is 24.0 Å². The molecular weight excluding hydrogens is 224 g/mol. The molecule has 1 rings (SSSR count). The molecule has 1 heteroatoms. The highest BCUT2D eigenvalue weighted by atomic mass is 79.9. The minimum Gasteiger partial charge on any atom is -0.103 e. The Morgan fingerprint density at radius 1 is 1.46 bits per heavy atom. The molecule has 13 heavy (non-hydrogen) atoms. The molecule has 0 aliphatic heterocycles. The van der Waals surface area contributed by atoms with Crippen molar-refractivity contribution < 1.29 is 0 Å². The van der Waals surface area contributed by atoms with Gasteiger partial charge in [0.2, 0.25) is 0 Å². The third-order valence-corrected chi connectivity index (χ3v) is 2.96. The van der Waals surface area contributed by atoms with E-state index in [1.165, 1.54) is 22.0 Å². The summed E-state index contributed by atoms with van der Waals surface area (Å²) in [7, 11) is 0. The molecule has 70 valence electrons. The molecule has 0 nitrogen and oxygen atoms in total. The van der Waals surface area contributed by atoms with E-state index in [1.54, 1.807) is 0 Å². The van der Waals surface area contributed by atoms with Crippen LogP contribution in [0.3, 0.4) is 0 Å². The molecule has 0 aromatic heterocycles. The molecule has 0 fully saturated rings. The van der Waals surface area contributed by atoms with Crippen molar-refractivity contribution in [2.24, 2.45) is 0 Å². The highest BCUT2D eigenvalue weighted by Gasteiger charge is 1.96. The summed E-state index contributed by atoms with van der Waals surface area (Å²) in [6.07, 6.45) is 5.42. The molecule has 0 unspecified atom stereocenters. The average molecular weight is 239 g/mol. The van der Waals surface area contributed by atoms with Crippen LogP contribution in [0, 0.1) is 6.92 Å². The fraction of sp³-hybridized carbons (Fsp3) is 0.333. The minimum absolute atomic E-state index is 1.10. The summed E-state index contributed by atoms with van der Waals surface area (Å²) in [5.74, 6) is 0. The molecule has 0 saturated carbocycles. The lowest BCUT2D eigenvalue weighted by molar-refractivity contribution is 0.843. The van der Waals surface area contributed by atoms with Crippen molar-refractivity contribution in [2.45, 2.75) is 26.2 Å². The molecule has 0 radical (unpaired) electrons. The van der Waals surface area contributed by atoms with Crippen LogP contribution in [-0.2, 0) is 6.42 Å². The zero-order chi connectivity index (χ0) is 9.68. The van der Waals surface area contributed by atoms with E-state index >= 15 is 0 Å². The van der Waals surface area contributed by atoms with Crippen LogP contribution in [0.4, 0.5) is 0 Å². The van der Waals surface area contributed by atoms with Gasteiger partial charge in [-0.3, -0.25) is 0 Å². The summed E-state index contributed by atoms with van der Waals surface area (Å²) in [6, 6.07) is 6.56. The van der Waals surface area contributed by atoms with Crippen LogP contribution in [0.25, 0.3) is 0 Å². The Bertz CT molecular complexity index is 289. The number of aryl methyl sites for hydroxylation is 2. The summed E-state index contributed by atoms with van der Waals surface area (Å²) >= 11 is 3.53. The van der Waals surface area contributed by atoms with Crippen molar-refractivity contribution in [2.75, 3.05) is 0 Å². The van der Waals surface area contributed by atoms with E-state index < -0.39 is 0 Å². The van der Waals surface area contributed by atoms with Crippen molar-refractivity contribution in [3.8, 4) is 0 Å². The summed E-state index contributed by atoms with van der Waals surface area (Å²) in [4.78, 5) is 0. The zero-order valence-electron chi connectivity index (χ0n) is 8.02. The average Bonchev–Trinajstić information content (AvgIpc) is 2.12. The van der Waals surface area contributed by atoms with Crippen LogP contribution in [0.2, 0.25) is 0 Å². The lowest BCUT2D eigenvalue weighted by Crippen LogP contribution is -1.86. The summed E-state index contributed by atoms with van der Waals surface area (Å²) in [6.45, 7) is 5.82. The van der Waals surface area contributed by atoms with E-state index in [-0.39, 0.29) is 0 Å². The maximum atomic E-state index is 3.71. The number of benzene rings is 1. The first kappa shape index (κ1) is 10.5. The van der Waals surface area contributed by atoms with E-state index in [9.17, 15) is 0 Å². The first-order chi connectivity index (χ1) is 6.24. The molecule has 0 N–H and O–H groups in total. The summed E-state index contributed by atoms with van der Waals surface area (Å²) in [5.41, 5.74) is 2.70. The monoisotopic (exact) mass is 238 g/mol. The van der Waals surface area contributed by atoms with Gasteiger partial charge in [-0.2, -0.15) is 0 Å². The Morgan fingerprint density at radius 2 is 2.23 bits per heavy atom. The Labute approximate surface area is 88.8 Å². The quantitative estimate of drug-likeness (QED) is 0.543. The van der Waals surface area contributed by atoms with Gasteiger partial charge in [0, 0.05) is 4.47 Å². The zero-order valence-corrected chi connectivity index (χ0v) is 9.60. The molecule has 0 bridgehead atoms. The second-order valence-electron chi connectivity index (χ2n) is 3.26. The van der Waals surface area contributed by atoms with Crippen molar-refractivity contribution in [3.63, 3.8) is 0 Å². The Kier molecular flexibility index (Phi) is 4.23. The lowest BCUT2D eigenvalue weighted by atomic mass is 10.1. The van der Waals surface area contributed by atoms with E-state index in [4.69, 9.17) is 0 Å².